The van der Waals surface area contributed by atoms with Crippen LogP contribution < -0.4 is 10.6 Å². The molecule has 0 bridgehead atoms. The van der Waals surface area contributed by atoms with Crippen molar-refractivity contribution in [2.45, 2.75) is 19.9 Å². The zero-order valence-corrected chi connectivity index (χ0v) is 19.1. The Morgan fingerprint density at radius 2 is 1.97 bits per heavy atom. The third-order valence-corrected chi connectivity index (χ3v) is 6.69. The van der Waals surface area contributed by atoms with Gasteiger partial charge in [-0.3, -0.25) is 19.8 Å². The fourth-order valence-electron chi connectivity index (χ4n) is 3.31. The van der Waals surface area contributed by atoms with Crippen LogP contribution in [0.1, 0.15) is 37.5 Å². The van der Waals surface area contributed by atoms with Crippen molar-refractivity contribution in [2.75, 3.05) is 30.3 Å². The molecule has 32 heavy (non-hydrogen) atoms. The number of benzene rings is 1. The van der Waals surface area contributed by atoms with Crippen molar-refractivity contribution in [3.63, 3.8) is 0 Å². The van der Waals surface area contributed by atoms with Gasteiger partial charge in [-0.15, -0.1) is 22.7 Å². The van der Waals surface area contributed by atoms with Gasteiger partial charge in [0.2, 0.25) is 5.91 Å². The lowest BCUT2D eigenvalue weighted by atomic mass is 10.2. The highest BCUT2D eigenvalue weighted by atomic mass is 32.1. The number of nitrogens with zero attached hydrogens (tertiary/aromatic N) is 2. The van der Waals surface area contributed by atoms with Crippen molar-refractivity contribution in [1.29, 1.82) is 0 Å². The summed E-state index contributed by atoms with van der Waals surface area (Å²) < 4.78 is 4.96. The minimum atomic E-state index is -0.384. The Labute approximate surface area is 193 Å². The highest BCUT2D eigenvalue weighted by Gasteiger charge is 2.23. The van der Waals surface area contributed by atoms with Crippen LogP contribution in [0, 0.1) is 0 Å². The van der Waals surface area contributed by atoms with Crippen molar-refractivity contribution in [2.24, 2.45) is 0 Å². The van der Waals surface area contributed by atoms with Gasteiger partial charge < -0.3 is 10.1 Å². The van der Waals surface area contributed by atoms with E-state index in [1.54, 1.807) is 37.3 Å². The van der Waals surface area contributed by atoms with Crippen LogP contribution in [-0.4, -0.2) is 47.4 Å². The number of hydrogen-bond acceptors (Lipinski definition) is 8. The number of nitrogens with one attached hydrogen (secondary N) is 2. The summed E-state index contributed by atoms with van der Waals surface area (Å²) in [6, 6.07) is 10.2. The minimum Gasteiger partial charge on any atom is -0.462 e. The van der Waals surface area contributed by atoms with Gasteiger partial charge in [-0.2, -0.15) is 0 Å². The Kier molecular flexibility index (Phi) is 6.93. The monoisotopic (exact) mass is 470 g/mol. The van der Waals surface area contributed by atoms with Gasteiger partial charge in [-0.05, 0) is 42.6 Å². The Morgan fingerprint density at radius 1 is 1.16 bits per heavy atom. The number of rotatable bonds is 7. The smallest absolute Gasteiger partial charge is 0.338 e. The SMILES string of the molecule is CCOC(=O)c1ccc(NC(=O)CN2CCc3nc(NC(=O)c4cccs4)sc3C2)cc1. The summed E-state index contributed by atoms with van der Waals surface area (Å²) >= 11 is 2.83. The van der Waals surface area contributed by atoms with E-state index < -0.39 is 0 Å². The lowest BCUT2D eigenvalue weighted by molar-refractivity contribution is -0.117. The molecule has 10 heteroatoms. The molecular formula is C22H22N4O4S2. The fraction of sp³-hybridized carbons (Fsp3) is 0.273. The van der Waals surface area contributed by atoms with Crippen LogP contribution in [0.5, 0.6) is 0 Å². The number of ether oxygens (including phenoxy) is 1. The summed E-state index contributed by atoms with van der Waals surface area (Å²) in [4.78, 5) is 44.7. The first kappa shape index (κ1) is 22.1. The summed E-state index contributed by atoms with van der Waals surface area (Å²) in [5.41, 5.74) is 2.04. The van der Waals surface area contributed by atoms with E-state index in [1.165, 1.54) is 22.7 Å². The topological polar surface area (TPSA) is 101 Å². The maximum absolute atomic E-state index is 12.5. The first-order valence-electron chi connectivity index (χ1n) is 10.1. The zero-order valence-electron chi connectivity index (χ0n) is 17.4. The quantitative estimate of drug-likeness (QED) is 0.512. The van der Waals surface area contributed by atoms with Gasteiger partial charge in [-0.25, -0.2) is 9.78 Å². The Bertz CT molecular complexity index is 1110. The number of anilines is 2. The normalized spacial score (nSPS) is 13.3. The number of thiazole rings is 1. The van der Waals surface area contributed by atoms with Crippen LogP contribution in [0.2, 0.25) is 0 Å². The molecule has 2 amide bonds. The molecule has 3 heterocycles. The zero-order chi connectivity index (χ0) is 22.5. The molecule has 0 unspecified atom stereocenters. The summed E-state index contributed by atoms with van der Waals surface area (Å²) in [7, 11) is 0. The Hall–Kier alpha value is -3.08. The van der Waals surface area contributed by atoms with E-state index in [9.17, 15) is 14.4 Å². The van der Waals surface area contributed by atoms with E-state index in [4.69, 9.17) is 4.74 Å². The molecule has 0 atom stereocenters. The third-order valence-electron chi connectivity index (χ3n) is 4.82. The average Bonchev–Trinajstić information content (AvgIpc) is 3.44. The molecule has 2 N–H and O–H groups in total. The molecule has 8 nitrogen and oxygen atoms in total. The van der Waals surface area contributed by atoms with Crippen LogP contribution in [0.4, 0.5) is 10.8 Å². The van der Waals surface area contributed by atoms with E-state index in [1.807, 2.05) is 16.3 Å². The van der Waals surface area contributed by atoms with Crippen molar-refractivity contribution in [1.82, 2.24) is 9.88 Å². The van der Waals surface area contributed by atoms with Gasteiger partial charge >= 0.3 is 5.97 Å². The average molecular weight is 471 g/mol. The van der Waals surface area contributed by atoms with Gasteiger partial charge in [0, 0.05) is 30.1 Å². The van der Waals surface area contributed by atoms with Crippen molar-refractivity contribution >= 4 is 51.3 Å². The molecule has 2 aromatic heterocycles. The first-order valence-corrected chi connectivity index (χ1v) is 11.8. The second-order valence-corrected chi connectivity index (χ2v) is 9.16. The van der Waals surface area contributed by atoms with E-state index >= 15 is 0 Å². The molecule has 0 aliphatic carbocycles. The van der Waals surface area contributed by atoms with E-state index in [0.29, 0.717) is 41.0 Å². The number of fused-ring (bicyclic) bond motifs is 1. The molecule has 0 saturated heterocycles. The molecule has 0 spiro atoms. The number of hydrogen-bond donors (Lipinski definition) is 2. The number of carbonyl (C=O) groups is 3. The molecule has 4 rings (SSSR count). The molecule has 1 aliphatic rings. The van der Waals surface area contributed by atoms with Gasteiger partial charge in [0.1, 0.15) is 0 Å². The predicted molar refractivity (Wildman–Crippen MR) is 124 cm³/mol. The Balaban J connectivity index is 1.30. The molecule has 166 valence electrons. The van der Waals surface area contributed by atoms with Gasteiger partial charge in [0.15, 0.2) is 5.13 Å². The maximum Gasteiger partial charge on any atom is 0.338 e. The molecule has 0 fully saturated rings. The summed E-state index contributed by atoms with van der Waals surface area (Å²) in [6.07, 6.45) is 0.724. The third kappa shape index (κ3) is 5.39. The van der Waals surface area contributed by atoms with Gasteiger partial charge in [0.05, 0.1) is 29.3 Å². The van der Waals surface area contributed by atoms with Gasteiger partial charge in [-0.1, -0.05) is 6.07 Å². The van der Waals surface area contributed by atoms with Crippen molar-refractivity contribution < 1.29 is 19.1 Å². The second kappa shape index (κ2) is 10.0. The van der Waals surface area contributed by atoms with E-state index in [-0.39, 0.29) is 24.3 Å². The second-order valence-electron chi connectivity index (χ2n) is 7.13. The van der Waals surface area contributed by atoms with Crippen molar-refractivity contribution in [3.05, 3.63) is 62.8 Å². The molecule has 1 aliphatic heterocycles. The number of aromatic nitrogens is 1. The summed E-state index contributed by atoms with van der Waals surface area (Å²) in [5, 5.41) is 8.16. The number of carbonyl (C=O) groups excluding carboxylic acids is 3. The highest BCUT2D eigenvalue weighted by molar-refractivity contribution is 7.16. The minimum absolute atomic E-state index is 0.131. The molecule has 1 aromatic carbocycles. The van der Waals surface area contributed by atoms with Crippen LogP contribution in [0.3, 0.4) is 0 Å². The standard InChI is InChI=1S/C22H22N4O4S2/c1-2-30-21(29)14-5-7-15(8-6-14)23-19(27)13-26-10-9-16-18(12-26)32-22(24-16)25-20(28)17-4-3-11-31-17/h3-8,11H,2,9-10,12-13H2,1H3,(H,23,27)(H,24,25,28). The molecule has 0 saturated carbocycles. The van der Waals surface area contributed by atoms with Crippen LogP contribution in [-0.2, 0) is 22.5 Å². The number of amides is 2. The molecular weight excluding hydrogens is 448 g/mol. The highest BCUT2D eigenvalue weighted by Crippen LogP contribution is 2.29. The lowest BCUT2D eigenvalue weighted by Gasteiger charge is -2.25. The van der Waals surface area contributed by atoms with Gasteiger partial charge in [0.25, 0.3) is 5.91 Å². The van der Waals surface area contributed by atoms with Crippen LogP contribution in [0.25, 0.3) is 0 Å². The van der Waals surface area contributed by atoms with E-state index in [0.717, 1.165) is 17.0 Å². The maximum atomic E-state index is 12.5. The summed E-state index contributed by atoms with van der Waals surface area (Å²) in [5.74, 6) is -0.672. The van der Waals surface area contributed by atoms with Crippen LogP contribution >= 0.6 is 22.7 Å². The van der Waals surface area contributed by atoms with E-state index in [2.05, 4.69) is 15.6 Å². The first-order chi connectivity index (χ1) is 15.5. The molecule has 0 radical (unpaired) electrons. The largest absolute Gasteiger partial charge is 0.462 e. The van der Waals surface area contributed by atoms with Crippen LogP contribution in [0.15, 0.2) is 41.8 Å². The predicted octanol–water partition coefficient (Wildman–Crippen LogP) is 3.63. The number of esters is 1. The lowest BCUT2D eigenvalue weighted by Crippen LogP contribution is -2.36. The summed E-state index contributed by atoms with van der Waals surface area (Å²) in [6.45, 7) is 3.64. The molecule has 3 aromatic rings. The Morgan fingerprint density at radius 3 is 2.69 bits per heavy atom. The van der Waals surface area contributed by atoms with Crippen molar-refractivity contribution in [3.8, 4) is 0 Å². The number of thiophene rings is 1. The fourth-order valence-corrected chi connectivity index (χ4v) is 4.98.